The van der Waals surface area contributed by atoms with E-state index in [1.54, 1.807) is 28.2 Å². The van der Waals surface area contributed by atoms with Gasteiger partial charge in [0.05, 0.1) is 12.6 Å². The molecule has 0 spiro atoms. The number of rotatable bonds is 7. The Morgan fingerprint density at radius 3 is 2.46 bits per heavy atom. The highest BCUT2D eigenvalue weighted by atomic mass is 19.1. The van der Waals surface area contributed by atoms with Crippen LogP contribution < -0.4 is 10.9 Å². The highest BCUT2D eigenvalue weighted by Gasteiger charge is 2.34. The number of halogens is 2. The van der Waals surface area contributed by atoms with E-state index < -0.39 is 0 Å². The summed E-state index contributed by atoms with van der Waals surface area (Å²) >= 11 is 0. The number of nitrogens with one attached hydrogen (secondary N) is 2. The quantitative estimate of drug-likeness (QED) is 0.331. The van der Waals surface area contributed by atoms with Crippen molar-refractivity contribution in [1.82, 2.24) is 14.5 Å². The van der Waals surface area contributed by atoms with Gasteiger partial charge in [-0.1, -0.05) is 18.2 Å². The van der Waals surface area contributed by atoms with Crippen LogP contribution in [0.2, 0.25) is 0 Å². The third kappa shape index (κ3) is 5.26. The minimum Gasteiger partial charge on any atom is -0.345 e. The van der Waals surface area contributed by atoms with Crippen LogP contribution in [-0.4, -0.2) is 15.0 Å². The zero-order valence-electron chi connectivity index (χ0n) is 21.2. The van der Waals surface area contributed by atoms with Gasteiger partial charge in [0.2, 0.25) is 5.62 Å². The molecule has 1 fully saturated rings. The van der Waals surface area contributed by atoms with Crippen molar-refractivity contribution in [1.29, 1.82) is 5.41 Å². The highest BCUT2D eigenvalue weighted by molar-refractivity contribution is 5.96. The van der Waals surface area contributed by atoms with E-state index in [0.29, 0.717) is 29.2 Å². The number of amides is 1. The number of benzene rings is 3. The molecule has 3 aromatic carbocycles. The smallest absolute Gasteiger partial charge is 0.251 e. The maximum Gasteiger partial charge on any atom is 0.251 e. The Morgan fingerprint density at radius 2 is 1.81 bits per heavy atom. The second kappa shape index (κ2) is 9.81. The van der Waals surface area contributed by atoms with Crippen molar-refractivity contribution in [3.63, 3.8) is 0 Å². The van der Waals surface area contributed by atoms with Crippen molar-refractivity contribution < 1.29 is 13.6 Å². The Labute approximate surface area is 214 Å². The molecule has 1 aliphatic rings. The van der Waals surface area contributed by atoms with Crippen LogP contribution in [0.4, 0.5) is 8.78 Å². The predicted molar refractivity (Wildman–Crippen MR) is 139 cm³/mol. The molecule has 0 unspecified atom stereocenters. The minimum atomic E-state index is -0.309. The van der Waals surface area contributed by atoms with Gasteiger partial charge in [0.25, 0.3) is 5.91 Å². The van der Waals surface area contributed by atoms with Gasteiger partial charge < -0.3 is 14.5 Å². The zero-order valence-corrected chi connectivity index (χ0v) is 21.2. The lowest BCUT2D eigenvalue weighted by Gasteiger charge is -2.20. The minimum absolute atomic E-state index is 0.199. The summed E-state index contributed by atoms with van der Waals surface area (Å²) in [7, 11) is 1.81. The van der Waals surface area contributed by atoms with Crippen LogP contribution >= 0.6 is 0 Å². The molecule has 7 heteroatoms. The molecule has 5 nitrogen and oxygen atoms in total. The summed E-state index contributed by atoms with van der Waals surface area (Å²) in [4.78, 5) is 13.6. The molecule has 0 saturated heterocycles. The van der Waals surface area contributed by atoms with Crippen LogP contribution in [0.15, 0.2) is 67.0 Å². The summed E-state index contributed by atoms with van der Waals surface area (Å²) < 4.78 is 31.2. The predicted octanol–water partition coefficient (Wildman–Crippen LogP) is 5.80. The monoisotopic (exact) mass is 500 g/mol. The number of nitrogens with zero attached hydrogens (tertiary/aromatic N) is 2. The van der Waals surface area contributed by atoms with Gasteiger partial charge in [-0.25, -0.2) is 8.78 Å². The summed E-state index contributed by atoms with van der Waals surface area (Å²) in [6, 6.07) is 15.1. The topological polar surface area (TPSA) is 62.8 Å². The molecule has 1 aromatic heterocycles. The Bertz CT molecular complexity index is 1550. The van der Waals surface area contributed by atoms with E-state index in [2.05, 4.69) is 5.32 Å². The number of carbonyl (C=O) groups is 1. The second-order valence-corrected chi connectivity index (χ2v) is 10.0. The number of hydrogen-bond donors (Lipinski definition) is 2. The molecular formula is C30H30F2N4O. The average Bonchev–Trinajstić information content (AvgIpc) is 3.66. The Morgan fingerprint density at radius 1 is 1.03 bits per heavy atom. The third-order valence-corrected chi connectivity index (χ3v) is 7.10. The van der Waals surface area contributed by atoms with E-state index in [1.807, 2.05) is 50.6 Å². The maximum absolute atomic E-state index is 13.9. The molecule has 2 N–H and O–H groups in total. The largest absolute Gasteiger partial charge is 0.345 e. The molecule has 1 aliphatic carbocycles. The first-order valence-corrected chi connectivity index (χ1v) is 12.4. The summed E-state index contributed by atoms with van der Waals surface area (Å²) in [6.45, 7) is 3.99. The lowest BCUT2D eigenvalue weighted by molar-refractivity contribution is 0.0931. The molecule has 0 bridgehead atoms. The lowest BCUT2D eigenvalue weighted by Crippen LogP contribution is -2.30. The maximum atomic E-state index is 13.9. The first-order valence-electron chi connectivity index (χ1n) is 12.4. The molecule has 190 valence electrons. The van der Waals surface area contributed by atoms with Crippen LogP contribution in [0.3, 0.4) is 0 Å². The molecule has 1 amide bonds. The van der Waals surface area contributed by atoms with Crippen LogP contribution in [-0.2, 0) is 13.6 Å². The Hall–Kier alpha value is -4.00. The first kappa shape index (κ1) is 24.7. The van der Waals surface area contributed by atoms with Crippen molar-refractivity contribution in [2.45, 2.75) is 39.3 Å². The zero-order chi connectivity index (χ0) is 26.3. The summed E-state index contributed by atoms with van der Waals surface area (Å²) in [5, 5.41) is 11.5. The fraction of sp³-hybridized carbons (Fsp3) is 0.267. The van der Waals surface area contributed by atoms with Crippen LogP contribution in [0.5, 0.6) is 0 Å². The SMILES string of the molecule is Cc1cc([C@@H](NC(=O)c2cc(Cn3ccn(C)c3=N)cc(-c3ccc(F)cc3C)c2)C2CC2)ccc1F. The van der Waals surface area contributed by atoms with Gasteiger partial charge >= 0.3 is 0 Å². The lowest BCUT2D eigenvalue weighted by atomic mass is 9.95. The fourth-order valence-corrected chi connectivity index (χ4v) is 4.86. The number of aryl methyl sites for hydroxylation is 3. The number of hydrogen-bond acceptors (Lipinski definition) is 2. The molecule has 5 rings (SSSR count). The molecular weight excluding hydrogens is 470 g/mol. The van der Waals surface area contributed by atoms with Crippen LogP contribution in [0.1, 0.15) is 51.5 Å². The van der Waals surface area contributed by atoms with Gasteiger partial charge in [0.1, 0.15) is 11.6 Å². The van der Waals surface area contributed by atoms with E-state index in [-0.39, 0.29) is 23.6 Å². The Kier molecular flexibility index (Phi) is 6.54. The van der Waals surface area contributed by atoms with Crippen molar-refractivity contribution in [2.75, 3.05) is 0 Å². The van der Waals surface area contributed by atoms with Gasteiger partial charge in [-0.05, 0) is 102 Å². The second-order valence-electron chi connectivity index (χ2n) is 10.0. The van der Waals surface area contributed by atoms with Gasteiger partial charge in [0.15, 0.2) is 0 Å². The van der Waals surface area contributed by atoms with E-state index in [0.717, 1.165) is 40.7 Å². The first-order chi connectivity index (χ1) is 17.7. The van der Waals surface area contributed by atoms with Gasteiger partial charge in [-0.15, -0.1) is 0 Å². The Balaban J connectivity index is 1.52. The molecule has 0 radical (unpaired) electrons. The normalized spacial score (nSPS) is 14.0. The summed E-state index contributed by atoms with van der Waals surface area (Å²) in [5.74, 6) is -0.466. The van der Waals surface area contributed by atoms with E-state index in [9.17, 15) is 13.6 Å². The summed E-state index contributed by atoms with van der Waals surface area (Å²) in [5.41, 5.74) is 5.57. The fourth-order valence-electron chi connectivity index (χ4n) is 4.86. The van der Waals surface area contributed by atoms with Crippen LogP contribution in [0.25, 0.3) is 11.1 Å². The molecule has 1 heterocycles. The molecule has 37 heavy (non-hydrogen) atoms. The molecule has 1 saturated carbocycles. The van der Waals surface area contributed by atoms with Crippen molar-refractivity contribution in [3.8, 4) is 11.1 Å². The van der Waals surface area contributed by atoms with E-state index in [1.165, 1.54) is 18.2 Å². The standard InChI is InChI=1S/C30H30F2N4O/c1-18-13-25(31)7-8-26(18)23-14-20(17-36-11-10-35(3)30(36)33)15-24(16-23)29(37)34-28(21-4-5-21)22-6-9-27(32)19(2)12-22/h6-16,21,28,33H,4-5,17H2,1-3H3,(H,34,37)/t28-/m0/s1. The molecule has 0 aliphatic heterocycles. The number of imidazole rings is 1. The molecule has 4 aromatic rings. The van der Waals surface area contributed by atoms with E-state index >= 15 is 0 Å². The van der Waals surface area contributed by atoms with Gasteiger partial charge in [-0.3, -0.25) is 10.2 Å². The third-order valence-electron chi connectivity index (χ3n) is 7.10. The number of carbonyl (C=O) groups excluding carboxylic acids is 1. The van der Waals surface area contributed by atoms with Gasteiger partial charge in [0, 0.05) is 25.0 Å². The number of aromatic nitrogens is 2. The molecule has 1 atom stereocenters. The average molecular weight is 501 g/mol. The van der Waals surface area contributed by atoms with Crippen molar-refractivity contribution in [2.24, 2.45) is 13.0 Å². The summed E-state index contributed by atoms with van der Waals surface area (Å²) in [6.07, 6.45) is 5.67. The van der Waals surface area contributed by atoms with Gasteiger partial charge in [-0.2, -0.15) is 0 Å². The van der Waals surface area contributed by atoms with Crippen LogP contribution in [0, 0.1) is 36.8 Å². The van der Waals surface area contributed by atoms with Crippen molar-refractivity contribution in [3.05, 3.63) is 112 Å². The van der Waals surface area contributed by atoms with E-state index in [4.69, 9.17) is 5.41 Å². The highest BCUT2D eigenvalue weighted by Crippen LogP contribution is 2.41. The van der Waals surface area contributed by atoms with Crippen molar-refractivity contribution >= 4 is 5.91 Å².